The summed E-state index contributed by atoms with van der Waals surface area (Å²) < 4.78 is 5.79. The lowest BCUT2D eigenvalue weighted by atomic mass is 9.95. The van der Waals surface area contributed by atoms with Crippen molar-refractivity contribution in [1.29, 1.82) is 0 Å². The summed E-state index contributed by atoms with van der Waals surface area (Å²) in [6.07, 6.45) is 5.07. The summed E-state index contributed by atoms with van der Waals surface area (Å²) in [6.45, 7) is 7.73. The minimum atomic E-state index is -0.660. The molecule has 30 heavy (non-hydrogen) atoms. The maximum atomic E-state index is 12.6. The van der Waals surface area contributed by atoms with Crippen molar-refractivity contribution < 1.29 is 14.3 Å². The summed E-state index contributed by atoms with van der Waals surface area (Å²) in [7, 11) is 0. The predicted molar refractivity (Wildman–Crippen MR) is 120 cm³/mol. The van der Waals surface area contributed by atoms with Gasteiger partial charge in [-0.2, -0.15) is 0 Å². The maximum Gasteiger partial charge on any atom is 0.265 e. The van der Waals surface area contributed by atoms with E-state index in [0.717, 1.165) is 29.7 Å². The van der Waals surface area contributed by atoms with Crippen LogP contribution in [0, 0.1) is 20.8 Å². The molecule has 0 bridgehead atoms. The van der Waals surface area contributed by atoms with Crippen LogP contribution in [-0.4, -0.2) is 24.0 Å². The van der Waals surface area contributed by atoms with Crippen LogP contribution in [-0.2, 0) is 4.79 Å². The first-order valence-corrected chi connectivity index (χ1v) is 10.8. The van der Waals surface area contributed by atoms with Crippen LogP contribution in [0.4, 0.5) is 5.69 Å². The SMILES string of the molecule is Cc1cc(C)c(NC(=O)[C@@H](C)Oc2ccc(C(=O)NC3CCCCC3)cc2)c(C)c1. The van der Waals surface area contributed by atoms with E-state index < -0.39 is 6.10 Å². The summed E-state index contributed by atoms with van der Waals surface area (Å²) in [5.41, 5.74) is 4.66. The lowest BCUT2D eigenvalue weighted by molar-refractivity contribution is -0.122. The second kappa shape index (κ2) is 9.79. The third kappa shape index (κ3) is 5.62. The fraction of sp³-hybridized carbons (Fsp3) is 0.440. The molecule has 5 heteroatoms. The van der Waals surface area contributed by atoms with Crippen molar-refractivity contribution in [3.8, 4) is 5.75 Å². The number of aryl methyl sites for hydroxylation is 3. The first-order valence-electron chi connectivity index (χ1n) is 10.8. The molecule has 1 saturated carbocycles. The smallest absolute Gasteiger partial charge is 0.265 e. The Balaban J connectivity index is 1.56. The van der Waals surface area contributed by atoms with Crippen LogP contribution in [0.1, 0.15) is 66.1 Å². The average molecular weight is 409 g/mol. The Hall–Kier alpha value is -2.82. The number of amides is 2. The number of carbonyl (C=O) groups is 2. The Labute approximate surface area is 179 Å². The lowest BCUT2D eigenvalue weighted by Crippen LogP contribution is -2.36. The van der Waals surface area contributed by atoms with Crippen molar-refractivity contribution in [2.24, 2.45) is 0 Å². The monoisotopic (exact) mass is 408 g/mol. The summed E-state index contributed by atoms with van der Waals surface area (Å²) in [4.78, 5) is 25.0. The van der Waals surface area contributed by atoms with Gasteiger partial charge in [-0.05, 0) is 75.9 Å². The van der Waals surface area contributed by atoms with Crippen molar-refractivity contribution in [2.45, 2.75) is 71.9 Å². The molecule has 2 aromatic rings. The van der Waals surface area contributed by atoms with Crippen LogP contribution in [0.2, 0.25) is 0 Å². The average Bonchev–Trinajstić information content (AvgIpc) is 2.71. The summed E-state index contributed by atoms with van der Waals surface area (Å²) in [5.74, 6) is 0.304. The molecule has 0 aliphatic heterocycles. The number of rotatable bonds is 6. The molecule has 2 aromatic carbocycles. The molecular weight excluding hydrogens is 376 g/mol. The van der Waals surface area contributed by atoms with Gasteiger partial charge in [0.2, 0.25) is 0 Å². The third-order valence-electron chi connectivity index (χ3n) is 5.66. The topological polar surface area (TPSA) is 67.4 Å². The molecule has 160 valence electrons. The van der Waals surface area contributed by atoms with Crippen molar-refractivity contribution in [1.82, 2.24) is 5.32 Å². The molecule has 0 unspecified atom stereocenters. The van der Waals surface area contributed by atoms with Gasteiger partial charge >= 0.3 is 0 Å². The second-order valence-electron chi connectivity index (χ2n) is 8.36. The molecule has 1 aliphatic rings. The molecule has 0 spiro atoms. The standard InChI is InChI=1S/C25H32N2O3/c1-16-14-17(2)23(18(3)15-16)27-24(28)19(4)30-22-12-10-20(11-13-22)25(29)26-21-8-6-5-7-9-21/h10-15,19,21H,5-9H2,1-4H3,(H,26,29)(H,27,28)/t19-/m1/s1. The van der Waals surface area contributed by atoms with E-state index >= 15 is 0 Å². The number of hydrogen-bond donors (Lipinski definition) is 2. The molecule has 5 nitrogen and oxygen atoms in total. The molecule has 1 aliphatic carbocycles. The van der Waals surface area contributed by atoms with E-state index in [1.165, 1.54) is 24.8 Å². The molecule has 2 amide bonds. The predicted octanol–water partition coefficient (Wildman–Crippen LogP) is 5.08. The highest BCUT2D eigenvalue weighted by Gasteiger charge is 2.19. The number of benzene rings is 2. The largest absolute Gasteiger partial charge is 0.481 e. The van der Waals surface area contributed by atoms with Crippen molar-refractivity contribution in [2.75, 3.05) is 5.32 Å². The van der Waals surface area contributed by atoms with Gasteiger partial charge in [0.25, 0.3) is 11.8 Å². The minimum Gasteiger partial charge on any atom is -0.481 e. The van der Waals surface area contributed by atoms with E-state index in [9.17, 15) is 9.59 Å². The third-order valence-corrected chi connectivity index (χ3v) is 5.66. The number of carbonyl (C=O) groups excluding carboxylic acids is 2. The van der Waals surface area contributed by atoms with Crippen molar-refractivity contribution in [3.05, 3.63) is 58.7 Å². The fourth-order valence-electron chi connectivity index (χ4n) is 4.06. The highest BCUT2D eigenvalue weighted by Crippen LogP contribution is 2.23. The quantitative estimate of drug-likeness (QED) is 0.700. The van der Waals surface area contributed by atoms with Crippen molar-refractivity contribution >= 4 is 17.5 Å². The van der Waals surface area contributed by atoms with Gasteiger partial charge in [0.05, 0.1) is 0 Å². The van der Waals surface area contributed by atoms with E-state index in [-0.39, 0.29) is 17.9 Å². The van der Waals surface area contributed by atoms with Gasteiger partial charge in [-0.3, -0.25) is 9.59 Å². The molecule has 1 atom stereocenters. The number of nitrogens with one attached hydrogen (secondary N) is 2. The van der Waals surface area contributed by atoms with Crippen LogP contribution in [0.5, 0.6) is 5.75 Å². The van der Waals surface area contributed by atoms with E-state index in [2.05, 4.69) is 10.6 Å². The molecule has 0 heterocycles. The van der Waals surface area contributed by atoms with Gasteiger partial charge in [0, 0.05) is 17.3 Å². The highest BCUT2D eigenvalue weighted by molar-refractivity contribution is 5.96. The van der Waals surface area contributed by atoms with Gasteiger partial charge in [-0.1, -0.05) is 37.0 Å². The van der Waals surface area contributed by atoms with Gasteiger partial charge in [-0.15, -0.1) is 0 Å². The Morgan fingerprint density at radius 2 is 1.57 bits per heavy atom. The van der Waals surface area contributed by atoms with Gasteiger partial charge < -0.3 is 15.4 Å². The Bertz CT molecular complexity index is 876. The minimum absolute atomic E-state index is 0.0513. The van der Waals surface area contributed by atoms with Gasteiger partial charge in [0.15, 0.2) is 6.10 Å². The Morgan fingerprint density at radius 3 is 2.17 bits per heavy atom. The number of ether oxygens (including phenoxy) is 1. The summed E-state index contributed by atoms with van der Waals surface area (Å²) >= 11 is 0. The normalized spacial score (nSPS) is 15.3. The van der Waals surface area contributed by atoms with Gasteiger partial charge in [-0.25, -0.2) is 0 Å². The molecule has 0 saturated heterocycles. The molecule has 0 radical (unpaired) electrons. The molecule has 3 rings (SSSR count). The van der Waals surface area contributed by atoms with E-state index in [4.69, 9.17) is 4.74 Å². The molecule has 1 fully saturated rings. The maximum absolute atomic E-state index is 12.6. The summed E-state index contributed by atoms with van der Waals surface area (Å²) in [6, 6.07) is 11.3. The van der Waals surface area contributed by atoms with E-state index in [1.54, 1.807) is 31.2 Å². The first kappa shape index (κ1) is 21.9. The van der Waals surface area contributed by atoms with E-state index in [0.29, 0.717) is 11.3 Å². The Kier molecular flexibility index (Phi) is 7.14. The zero-order chi connectivity index (χ0) is 21.7. The van der Waals surface area contributed by atoms with Crippen LogP contribution < -0.4 is 15.4 Å². The Morgan fingerprint density at radius 1 is 0.967 bits per heavy atom. The van der Waals surface area contributed by atoms with E-state index in [1.807, 2.05) is 32.9 Å². The zero-order valence-electron chi connectivity index (χ0n) is 18.4. The van der Waals surface area contributed by atoms with Crippen molar-refractivity contribution in [3.63, 3.8) is 0 Å². The molecule has 2 N–H and O–H groups in total. The van der Waals surface area contributed by atoms with Gasteiger partial charge in [0.1, 0.15) is 5.75 Å². The van der Waals surface area contributed by atoms with Crippen LogP contribution in [0.3, 0.4) is 0 Å². The van der Waals surface area contributed by atoms with Crippen LogP contribution in [0.25, 0.3) is 0 Å². The first-order chi connectivity index (χ1) is 14.3. The highest BCUT2D eigenvalue weighted by atomic mass is 16.5. The number of anilines is 1. The number of hydrogen-bond acceptors (Lipinski definition) is 3. The van der Waals surface area contributed by atoms with Crippen LogP contribution in [0.15, 0.2) is 36.4 Å². The second-order valence-corrected chi connectivity index (χ2v) is 8.36. The zero-order valence-corrected chi connectivity index (χ0v) is 18.4. The lowest BCUT2D eigenvalue weighted by Gasteiger charge is -2.22. The van der Waals surface area contributed by atoms with Crippen LogP contribution >= 0.6 is 0 Å². The molecule has 0 aromatic heterocycles. The fourth-order valence-corrected chi connectivity index (χ4v) is 4.06. The molecular formula is C25H32N2O3. The summed E-state index contributed by atoms with van der Waals surface area (Å²) in [5, 5.41) is 6.08.